The fourth-order valence-corrected chi connectivity index (χ4v) is 3.25. The van der Waals surface area contributed by atoms with E-state index >= 15 is 0 Å². The van der Waals surface area contributed by atoms with Gasteiger partial charge in [-0.15, -0.1) is 11.8 Å². The normalized spacial score (nSPS) is 10.4. The third-order valence-electron chi connectivity index (χ3n) is 2.09. The Morgan fingerprint density at radius 1 is 0.875 bits per heavy atom. The lowest BCUT2D eigenvalue weighted by molar-refractivity contribution is 1.36. The Morgan fingerprint density at radius 2 is 1.56 bits per heavy atom. The molecule has 0 radical (unpaired) electrons. The number of hydrogen-bond donors (Lipinski definition) is 0. The van der Waals surface area contributed by atoms with Gasteiger partial charge in [0.25, 0.3) is 0 Å². The van der Waals surface area contributed by atoms with E-state index in [4.69, 9.17) is 0 Å². The average Bonchev–Trinajstić information content (AvgIpc) is 2.27. The number of thioether (sulfide) groups is 1. The monoisotopic (exact) mass is 356 g/mol. The molecule has 0 aliphatic carbocycles. The molecule has 0 unspecified atom stereocenters. The molecule has 2 rings (SSSR count). The van der Waals surface area contributed by atoms with Crippen molar-refractivity contribution in [3.8, 4) is 0 Å². The molecule has 0 spiro atoms. The second-order valence-corrected chi connectivity index (χ2v) is 6.26. The summed E-state index contributed by atoms with van der Waals surface area (Å²) in [6.07, 6.45) is 0. The highest BCUT2D eigenvalue weighted by atomic mass is 79.9. The lowest BCUT2D eigenvalue weighted by atomic mass is 10.2. The molecule has 0 heterocycles. The van der Waals surface area contributed by atoms with Crippen molar-refractivity contribution in [2.75, 3.05) is 0 Å². The van der Waals surface area contributed by atoms with Gasteiger partial charge in [-0.1, -0.05) is 50.1 Å². The van der Waals surface area contributed by atoms with Crippen molar-refractivity contribution in [3.63, 3.8) is 0 Å². The standard InChI is InChI=1S/C13H10Br2S/c14-11-4-1-3-10(7-11)9-16-13-6-2-5-12(15)8-13/h1-8H,9H2. The molecule has 0 aliphatic rings. The van der Waals surface area contributed by atoms with E-state index in [-0.39, 0.29) is 0 Å². The van der Waals surface area contributed by atoms with Gasteiger partial charge in [0.05, 0.1) is 0 Å². The Balaban J connectivity index is 2.02. The molecular weight excluding hydrogens is 348 g/mol. The van der Waals surface area contributed by atoms with E-state index in [0.717, 1.165) is 14.7 Å². The van der Waals surface area contributed by atoms with Gasteiger partial charge in [0.1, 0.15) is 0 Å². The molecule has 0 atom stereocenters. The molecule has 2 aromatic rings. The van der Waals surface area contributed by atoms with Crippen molar-refractivity contribution >= 4 is 43.6 Å². The Bertz CT molecular complexity index is 437. The number of hydrogen-bond acceptors (Lipinski definition) is 1. The van der Waals surface area contributed by atoms with Crippen molar-refractivity contribution in [2.45, 2.75) is 10.6 Å². The maximum absolute atomic E-state index is 3.48. The summed E-state index contributed by atoms with van der Waals surface area (Å²) >= 11 is 8.81. The van der Waals surface area contributed by atoms with Crippen LogP contribution < -0.4 is 0 Å². The maximum Gasteiger partial charge on any atom is 0.0232 e. The topological polar surface area (TPSA) is 0 Å². The van der Waals surface area contributed by atoms with E-state index in [2.05, 4.69) is 68.3 Å². The van der Waals surface area contributed by atoms with E-state index in [0.29, 0.717) is 0 Å². The third kappa shape index (κ3) is 3.65. The quantitative estimate of drug-likeness (QED) is 0.653. The van der Waals surface area contributed by atoms with E-state index in [9.17, 15) is 0 Å². The molecule has 0 saturated carbocycles. The van der Waals surface area contributed by atoms with Crippen LogP contribution in [0, 0.1) is 0 Å². The summed E-state index contributed by atoms with van der Waals surface area (Å²) in [6, 6.07) is 16.8. The fourth-order valence-electron chi connectivity index (χ4n) is 1.35. The number of benzene rings is 2. The van der Waals surface area contributed by atoms with Crippen LogP contribution in [0.2, 0.25) is 0 Å². The summed E-state index contributed by atoms with van der Waals surface area (Å²) in [4.78, 5) is 1.29. The lowest BCUT2D eigenvalue weighted by Crippen LogP contribution is -1.80. The molecule has 0 amide bonds. The molecule has 3 heteroatoms. The van der Waals surface area contributed by atoms with Crippen LogP contribution in [0.4, 0.5) is 0 Å². The van der Waals surface area contributed by atoms with Gasteiger partial charge >= 0.3 is 0 Å². The van der Waals surface area contributed by atoms with Crippen molar-refractivity contribution in [3.05, 3.63) is 63.0 Å². The minimum absolute atomic E-state index is 0.996. The highest BCUT2D eigenvalue weighted by Crippen LogP contribution is 2.26. The Hall–Kier alpha value is -0.250. The van der Waals surface area contributed by atoms with Crippen LogP contribution in [0.15, 0.2) is 62.4 Å². The van der Waals surface area contributed by atoms with Gasteiger partial charge < -0.3 is 0 Å². The highest BCUT2D eigenvalue weighted by molar-refractivity contribution is 9.10. The van der Waals surface area contributed by atoms with Gasteiger partial charge in [-0.25, -0.2) is 0 Å². The smallest absolute Gasteiger partial charge is 0.0232 e. The molecule has 0 aromatic heterocycles. The van der Waals surface area contributed by atoms with E-state index in [1.807, 2.05) is 23.9 Å². The van der Waals surface area contributed by atoms with Crippen molar-refractivity contribution < 1.29 is 0 Å². The van der Waals surface area contributed by atoms with E-state index in [1.54, 1.807) is 0 Å². The van der Waals surface area contributed by atoms with Crippen molar-refractivity contribution in [1.82, 2.24) is 0 Å². The SMILES string of the molecule is Brc1cccc(CSc2cccc(Br)c2)c1. The first-order valence-electron chi connectivity index (χ1n) is 4.87. The Labute approximate surface area is 117 Å². The third-order valence-corrected chi connectivity index (χ3v) is 4.14. The van der Waals surface area contributed by atoms with Crippen LogP contribution in [-0.4, -0.2) is 0 Å². The van der Waals surface area contributed by atoms with Crippen LogP contribution in [-0.2, 0) is 5.75 Å². The van der Waals surface area contributed by atoms with Gasteiger partial charge in [0, 0.05) is 19.6 Å². The first-order chi connectivity index (χ1) is 7.74. The molecule has 0 nitrogen and oxygen atoms in total. The van der Waals surface area contributed by atoms with Gasteiger partial charge in [-0.05, 0) is 35.9 Å². The molecule has 0 bridgehead atoms. The molecule has 0 aliphatic heterocycles. The van der Waals surface area contributed by atoms with Gasteiger partial charge in [-0.3, -0.25) is 0 Å². The van der Waals surface area contributed by atoms with Crippen LogP contribution in [0.3, 0.4) is 0 Å². The molecule has 0 saturated heterocycles. The van der Waals surface area contributed by atoms with Gasteiger partial charge in [0.2, 0.25) is 0 Å². The largest absolute Gasteiger partial charge is 0.121 e. The molecule has 16 heavy (non-hydrogen) atoms. The Kier molecular flexibility index (Phi) is 4.50. The number of halogens is 2. The highest BCUT2D eigenvalue weighted by Gasteiger charge is 1.97. The minimum Gasteiger partial charge on any atom is -0.121 e. The Morgan fingerprint density at radius 3 is 2.25 bits per heavy atom. The summed E-state index contributed by atoms with van der Waals surface area (Å²) in [5.41, 5.74) is 1.33. The van der Waals surface area contributed by atoms with E-state index < -0.39 is 0 Å². The first-order valence-corrected chi connectivity index (χ1v) is 7.44. The number of rotatable bonds is 3. The summed E-state index contributed by atoms with van der Waals surface area (Å²) < 4.78 is 2.27. The predicted octanol–water partition coefficient (Wildman–Crippen LogP) is 5.50. The van der Waals surface area contributed by atoms with Crippen molar-refractivity contribution in [2.24, 2.45) is 0 Å². The zero-order chi connectivity index (χ0) is 11.4. The average molecular weight is 358 g/mol. The second-order valence-electron chi connectivity index (χ2n) is 3.38. The van der Waals surface area contributed by atoms with Gasteiger partial charge in [-0.2, -0.15) is 0 Å². The van der Waals surface area contributed by atoms with Crippen LogP contribution in [0.25, 0.3) is 0 Å². The minimum atomic E-state index is 0.996. The molecular formula is C13H10Br2S. The maximum atomic E-state index is 3.48. The molecule has 2 aromatic carbocycles. The summed E-state index contributed by atoms with van der Waals surface area (Å²) in [5, 5.41) is 0. The molecule has 0 N–H and O–H groups in total. The first kappa shape index (κ1) is 12.2. The van der Waals surface area contributed by atoms with Crippen LogP contribution >= 0.6 is 43.6 Å². The lowest BCUT2D eigenvalue weighted by Gasteiger charge is -2.03. The predicted molar refractivity (Wildman–Crippen MR) is 77.8 cm³/mol. The molecule has 82 valence electrons. The summed E-state index contributed by atoms with van der Waals surface area (Å²) in [7, 11) is 0. The van der Waals surface area contributed by atoms with Crippen LogP contribution in [0.1, 0.15) is 5.56 Å². The van der Waals surface area contributed by atoms with E-state index in [1.165, 1.54) is 10.5 Å². The van der Waals surface area contributed by atoms with Gasteiger partial charge in [0.15, 0.2) is 0 Å². The zero-order valence-electron chi connectivity index (χ0n) is 8.49. The molecule has 0 fully saturated rings. The zero-order valence-corrected chi connectivity index (χ0v) is 12.5. The second kappa shape index (κ2) is 5.89. The van der Waals surface area contributed by atoms with Crippen molar-refractivity contribution in [1.29, 1.82) is 0 Å². The van der Waals surface area contributed by atoms with Crippen LogP contribution in [0.5, 0.6) is 0 Å². The fraction of sp³-hybridized carbons (Fsp3) is 0.0769. The summed E-state index contributed by atoms with van der Waals surface area (Å²) in [6.45, 7) is 0. The summed E-state index contributed by atoms with van der Waals surface area (Å²) in [5.74, 6) is 0.996.